The Bertz CT molecular complexity index is 87.0. The van der Waals surface area contributed by atoms with Gasteiger partial charge in [-0.25, -0.2) is 0 Å². The Labute approximate surface area is 65.2 Å². The molecule has 0 aromatic carbocycles. The summed E-state index contributed by atoms with van der Waals surface area (Å²) in [4.78, 5) is 10.5. The van der Waals surface area contributed by atoms with Crippen molar-refractivity contribution < 1.29 is 4.79 Å². The molecule has 1 amide bonds. The summed E-state index contributed by atoms with van der Waals surface area (Å²) in [5.41, 5.74) is 0. The van der Waals surface area contributed by atoms with Gasteiger partial charge >= 0.3 is 0 Å². The van der Waals surface area contributed by atoms with Gasteiger partial charge in [-0.15, -0.1) is 0 Å². The van der Waals surface area contributed by atoms with Gasteiger partial charge < -0.3 is 5.32 Å². The van der Waals surface area contributed by atoms with Crippen LogP contribution in [0, 0.1) is 0 Å². The van der Waals surface area contributed by atoms with Gasteiger partial charge in [0.05, 0.1) is 5.75 Å². The highest BCUT2D eigenvalue weighted by Crippen LogP contribution is 1.98. The Kier molecular flexibility index (Phi) is 6.41. The van der Waals surface area contributed by atoms with E-state index in [1.807, 2.05) is 0 Å². The number of amides is 1. The number of nitrogens with one attached hydrogen (secondary N) is 1. The lowest BCUT2D eigenvalue weighted by molar-refractivity contribution is -0.118. The lowest BCUT2D eigenvalue weighted by Crippen LogP contribution is -2.20. The minimum atomic E-state index is 0.0850. The van der Waals surface area contributed by atoms with Crippen molar-refractivity contribution in [1.29, 1.82) is 0 Å². The molecule has 0 aliphatic carbocycles. The van der Waals surface area contributed by atoms with E-state index in [-0.39, 0.29) is 5.91 Å². The molecular weight excluding hydrogens is 154 g/mol. The van der Waals surface area contributed by atoms with Crippen LogP contribution in [-0.4, -0.2) is 30.2 Å². The van der Waals surface area contributed by atoms with Gasteiger partial charge in [0.2, 0.25) is 5.91 Å². The normalized spacial score (nSPS) is 9.11. The SMILES string of the molecule is CNC(=O)CSCCS. The van der Waals surface area contributed by atoms with E-state index in [9.17, 15) is 4.79 Å². The van der Waals surface area contributed by atoms with Gasteiger partial charge in [-0.3, -0.25) is 4.79 Å². The summed E-state index contributed by atoms with van der Waals surface area (Å²) in [7, 11) is 1.64. The number of rotatable bonds is 4. The second-order valence-corrected chi connectivity index (χ2v) is 3.00. The van der Waals surface area contributed by atoms with Crippen molar-refractivity contribution in [3.8, 4) is 0 Å². The Morgan fingerprint density at radius 3 is 2.89 bits per heavy atom. The smallest absolute Gasteiger partial charge is 0.229 e. The molecule has 0 atom stereocenters. The number of carbonyl (C=O) groups is 1. The molecule has 0 radical (unpaired) electrons. The van der Waals surface area contributed by atoms with Crippen molar-refractivity contribution in [1.82, 2.24) is 5.32 Å². The van der Waals surface area contributed by atoms with Crippen molar-refractivity contribution in [2.45, 2.75) is 0 Å². The van der Waals surface area contributed by atoms with Crippen LogP contribution in [0.15, 0.2) is 0 Å². The predicted octanol–water partition coefficient (Wildman–Crippen LogP) is 0.395. The first kappa shape index (κ1) is 9.17. The molecule has 0 aliphatic rings. The first-order chi connectivity index (χ1) is 4.31. The highest BCUT2D eigenvalue weighted by atomic mass is 32.2. The fourth-order valence-electron chi connectivity index (χ4n) is 0.302. The van der Waals surface area contributed by atoms with Gasteiger partial charge in [-0.1, -0.05) is 0 Å². The number of thioether (sulfide) groups is 1. The zero-order valence-electron chi connectivity index (χ0n) is 5.39. The monoisotopic (exact) mass is 165 g/mol. The molecule has 4 heteroatoms. The molecule has 2 nitrogen and oxygen atoms in total. The highest BCUT2D eigenvalue weighted by Gasteiger charge is 1.94. The average molecular weight is 165 g/mol. The van der Waals surface area contributed by atoms with Crippen LogP contribution >= 0.6 is 24.4 Å². The molecule has 0 heterocycles. The molecule has 0 saturated heterocycles. The molecule has 0 saturated carbocycles. The lowest BCUT2D eigenvalue weighted by atomic mass is 10.7. The molecule has 0 unspecified atom stereocenters. The van der Waals surface area contributed by atoms with Crippen molar-refractivity contribution in [2.75, 3.05) is 24.3 Å². The summed E-state index contributed by atoms with van der Waals surface area (Å²) in [5, 5.41) is 2.54. The molecule has 54 valence electrons. The second-order valence-electron chi connectivity index (χ2n) is 1.45. The van der Waals surface area contributed by atoms with E-state index in [0.717, 1.165) is 11.5 Å². The zero-order valence-corrected chi connectivity index (χ0v) is 7.10. The molecule has 0 bridgehead atoms. The first-order valence-corrected chi connectivity index (χ1v) is 4.49. The topological polar surface area (TPSA) is 29.1 Å². The number of hydrogen-bond acceptors (Lipinski definition) is 3. The van der Waals surface area contributed by atoms with Crippen molar-refractivity contribution in [3.63, 3.8) is 0 Å². The quantitative estimate of drug-likeness (QED) is 0.466. The van der Waals surface area contributed by atoms with Crippen LogP contribution in [-0.2, 0) is 4.79 Å². The zero-order chi connectivity index (χ0) is 7.11. The Morgan fingerprint density at radius 1 is 1.78 bits per heavy atom. The van der Waals surface area contributed by atoms with Crippen LogP contribution in [0.1, 0.15) is 0 Å². The van der Waals surface area contributed by atoms with Crippen LogP contribution in [0.3, 0.4) is 0 Å². The largest absolute Gasteiger partial charge is 0.358 e. The fraction of sp³-hybridized carbons (Fsp3) is 0.800. The van der Waals surface area contributed by atoms with Gasteiger partial charge in [-0.05, 0) is 5.75 Å². The minimum absolute atomic E-state index is 0.0850. The van der Waals surface area contributed by atoms with E-state index in [1.165, 1.54) is 0 Å². The van der Waals surface area contributed by atoms with E-state index in [2.05, 4.69) is 17.9 Å². The number of carbonyl (C=O) groups excluding carboxylic acids is 1. The maximum absolute atomic E-state index is 10.5. The molecule has 0 fully saturated rings. The van der Waals surface area contributed by atoms with E-state index in [0.29, 0.717) is 5.75 Å². The van der Waals surface area contributed by atoms with Crippen LogP contribution in [0.25, 0.3) is 0 Å². The number of hydrogen-bond donors (Lipinski definition) is 2. The molecule has 9 heavy (non-hydrogen) atoms. The second kappa shape index (κ2) is 6.29. The van der Waals surface area contributed by atoms with Crippen LogP contribution in [0.4, 0.5) is 0 Å². The van der Waals surface area contributed by atoms with Crippen LogP contribution in [0.5, 0.6) is 0 Å². The van der Waals surface area contributed by atoms with Gasteiger partial charge in [0.15, 0.2) is 0 Å². The number of thiol groups is 1. The summed E-state index contributed by atoms with van der Waals surface area (Å²) < 4.78 is 0. The van der Waals surface area contributed by atoms with Crippen LogP contribution < -0.4 is 5.32 Å². The minimum Gasteiger partial charge on any atom is -0.358 e. The van der Waals surface area contributed by atoms with Crippen molar-refractivity contribution in [3.05, 3.63) is 0 Å². The summed E-state index contributed by atoms with van der Waals surface area (Å²) >= 11 is 5.60. The maximum atomic E-state index is 10.5. The Hall–Kier alpha value is 0.170. The first-order valence-electron chi connectivity index (χ1n) is 2.70. The van der Waals surface area contributed by atoms with E-state index < -0.39 is 0 Å². The van der Waals surface area contributed by atoms with E-state index in [1.54, 1.807) is 18.8 Å². The van der Waals surface area contributed by atoms with Crippen LogP contribution in [0.2, 0.25) is 0 Å². The van der Waals surface area contributed by atoms with Gasteiger partial charge in [0, 0.05) is 12.8 Å². The Balaban J connectivity index is 2.97. The average Bonchev–Trinajstić information content (AvgIpc) is 1.89. The molecule has 0 aromatic heterocycles. The summed E-state index contributed by atoms with van der Waals surface area (Å²) in [6.45, 7) is 0. The molecule has 0 spiro atoms. The fourth-order valence-corrected chi connectivity index (χ4v) is 1.29. The highest BCUT2D eigenvalue weighted by molar-refractivity contribution is 8.00. The molecule has 0 rings (SSSR count). The van der Waals surface area contributed by atoms with Gasteiger partial charge in [0.1, 0.15) is 0 Å². The molecule has 1 N–H and O–H groups in total. The molecule has 0 aliphatic heterocycles. The van der Waals surface area contributed by atoms with E-state index in [4.69, 9.17) is 0 Å². The predicted molar refractivity (Wildman–Crippen MR) is 45.2 cm³/mol. The third kappa shape index (κ3) is 6.05. The summed E-state index contributed by atoms with van der Waals surface area (Å²) in [5.74, 6) is 2.41. The van der Waals surface area contributed by atoms with E-state index >= 15 is 0 Å². The lowest BCUT2D eigenvalue weighted by Gasteiger charge is -1.96. The Morgan fingerprint density at radius 2 is 2.44 bits per heavy atom. The summed E-state index contributed by atoms with van der Waals surface area (Å²) in [6.07, 6.45) is 0. The van der Waals surface area contributed by atoms with Gasteiger partial charge in [-0.2, -0.15) is 24.4 Å². The van der Waals surface area contributed by atoms with Gasteiger partial charge in [0.25, 0.3) is 0 Å². The standard InChI is InChI=1S/C5H11NOS2/c1-6-5(7)4-9-3-2-8/h8H,2-4H2,1H3,(H,6,7). The third-order valence-electron chi connectivity index (χ3n) is 0.748. The van der Waals surface area contributed by atoms with Crippen molar-refractivity contribution >= 4 is 30.3 Å². The summed E-state index contributed by atoms with van der Waals surface area (Å²) in [6, 6.07) is 0. The third-order valence-corrected chi connectivity index (χ3v) is 2.23. The van der Waals surface area contributed by atoms with Crippen molar-refractivity contribution in [2.24, 2.45) is 0 Å². The maximum Gasteiger partial charge on any atom is 0.229 e. The molecule has 0 aromatic rings. The molecular formula is C5H11NOS2.